The van der Waals surface area contributed by atoms with Crippen LogP contribution in [0.15, 0.2) is 24.3 Å². The summed E-state index contributed by atoms with van der Waals surface area (Å²) in [7, 11) is 0. The minimum Gasteiger partial charge on any atom is -0.327 e. The van der Waals surface area contributed by atoms with E-state index in [9.17, 15) is 0 Å². The number of benzene rings is 1. The quantitative estimate of drug-likeness (QED) is 0.760. The van der Waals surface area contributed by atoms with Crippen LogP contribution in [0.2, 0.25) is 0 Å². The molecule has 0 aromatic heterocycles. The third-order valence-corrected chi connectivity index (χ3v) is 3.68. The van der Waals surface area contributed by atoms with E-state index in [2.05, 4.69) is 45.0 Å². The van der Waals surface area contributed by atoms with Gasteiger partial charge in [-0.3, -0.25) is 0 Å². The Morgan fingerprint density at radius 1 is 1.29 bits per heavy atom. The van der Waals surface area contributed by atoms with Crippen LogP contribution < -0.4 is 5.73 Å². The van der Waals surface area contributed by atoms with Crippen LogP contribution in [0.5, 0.6) is 0 Å². The van der Waals surface area contributed by atoms with Crippen LogP contribution in [-0.2, 0) is 5.41 Å². The van der Waals surface area contributed by atoms with Gasteiger partial charge in [0.2, 0.25) is 0 Å². The van der Waals surface area contributed by atoms with Crippen molar-refractivity contribution in [3.8, 4) is 0 Å². The van der Waals surface area contributed by atoms with Gasteiger partial charge >= 0.3 is 0 Å². The van der Waals surface area contributed by atoms with Gasteiger partial charge < -0.3 is 5.73 Å². The highest BCUT2D eigenvalue weighted by Crippen LogP contribution is 2.52. The molecule has 0 aliphatic heterocycles. The van der Waals surface area contributed by atoms with Crippen molar-refractivity contribution in [1.29, 1.82) is 0 Å². The van der Waals surface area contributed by atoms with Gasteiger partial charge in [-0.15, -0.1) is 0 Å². The first-order valence-corrected chi connectivity index (χ1v) is 5.40. The molecule has 1 nitrogen and oxygen atoms in total. The summed E-state index contributed by atoms with van der Waals surface area (Å²) >= 11 is 0. The van der Waals surface area contributed by atoms with E-state index >= 15 is 0 Å². The minimum absolute atomic E-state index is 0.272. The van der Waals surface area contributed by atoms with E-state index in [1.165, 1.54) is 11.1 Å². The standard InChI is InChI=1S/C13H19N/c1-9(2)13(8-12(13)14)11-6-4-10(3)5-7-11/h4-7,9,12H,8,14H2,1-3H3/t12-,13?/m1/s1. The monoisotopic (exact) mass is 189 g/mol. The molecule has 76 valence electrons. The zero-order valence-corrected chi connectivity index (χ0v) is 9.25. The summed E-state index contributed by atoms with van der Waals surface area (Å²) in [6, 6.07) is 9.21. The molecule has 0 spiro atoms. The van der Waals surface area contributed by atoms with Crippen molar-refractivity contribution in [3.05, 3.63) is 35.4 Å². The number of hydrogen-bond acceptors (Lipinski definition) is 1. The molecule has 2 rings (SSSR count). The molecule has 0 radical (unpaired) electrons. The van der Waals surface area contributed by atoms with Gasteiger partial charge in [0, 0.05) is 11.5 Å². The second-order valence-electron chi connectivity index (χ2n) is 4.87. The van der Waals surface area contributed by atoms with Crippen molar-refractivity contribution in [2.45, 2.75) is 38.6 Å². The molecule has 1 aromatic rings. The first kappa shape index (κ1) is 9.72. The molecule has 0 amide bonds. The first-order valence-electron chi connectivity index (χ1n) is 5.40. The largest absolute Gasteiger partial charge is 0.327 e. The zero-order valence-electron chi connectivity index (χ0n) is 9.25. The smallest absolute Gasteiger partial charge is 0.0148 e. The van der Waals surface area contributed by atoms with Crippen LogP contribution >= 0.6 is 0 Å². The Morgan fingerprint density at radius 2 is 1.79 bits per heavy atom. The summed E-state index contributed by atoms with van der Waals surface area (Å²) in [6.07, 6.45) is 1.15. The SMILES string of the molecule is Cc1ccc(C2(C(C)C)C[C@H]2N)cc1. The number of rotatable bonds is 2. The van der Waals surface area contributed by atoms with Crippen molar-refractivity contribution < 1.29 is 0 Å². The lowest BCUT2D eigenvalue weighted by molar-refractivity contribution is 0.466. The van der Waals surface area contributed by atoms with Crippen molar-refractivity contribution in [2.24, 2.45) is 11.7 Å². The average molecular weight is 189 g/mol. The maximum atomic E-state index is 6.07. The lowest BCUT2D eigenvalue weighted by atomic mass is 9.84. The molecule has 1 aromatic carbocycles. The van der Waals surface area contributed by atoms with E-state index in [4.69, 9.17) is 5.73 Å². The summed E-state index contributed by atoms with van der Waals surface area (Å²) in [6.45, 7) is 6.66. The molecule has 1 aliphatic carbocycles. The Hall–Kier alpha value is -0.820. The topological polar surface area (TPSA) is 26.0 Å². The van der Waals surface area contributed by atoms with Crippen molar-refractivity contribution in [1.82, 2.24) is 0 Å². The van der Waals surface area contributed by atoms with E-state index < -0.39 is 0 Å². The van der Waals surface area contributed by atoms with E-state index in [0.717, 1.165) is 6.42 Å². The molecular weight excluding hydrogens is 170 g/mol. The second kappa shape index (κ2) is 3.09. The molecule has 1 saturated carbocycles. The van der Waals surface area contributed by atoms with Gasteiger partial charge in [0.1, 0.15) is 0 Å². The Labute approximate surface area is 86.3 Å². The second-order valence-corrected chi connectivity index (χ2v) is 4.87. The van der Waals surface area contributed by atoms with E-state index in [-0.39, 0.29) is 5.41 Å². The molecular formula is C13H19N. The molecule has 2 atom stereocenters. The molecule has 1 heteroatoms. The molecule has 1 aliphatic rings. The Kier molecular flexibility index (Phi) is 2.15. The summed E-state index contributed by atoms with van der Waals surface area (Å²) in [4.78, 5) is 0. The van der Waals surface area contributed by atoms with Crippen LogP contribution in [0.25, 0.3) is 0 Å². The van der Waals surface area contributed by atoms with Gasteiger partial charge in [0.25, 0.3) is 0 Å². The van der Waals surface area contributed by atoms with Gasteiger partial charge in [-0.25, -0.2) is 0 Å². The lowest BCUT2D eigenvalue weighted by Gasteiger charge is -2.21. The average Bonchev–Trinajstić information content (AvgIpc) is 2.80. The molecule has 2 N–H and O–H groups in total. The molecule has 1 fully saturated rings. The van der Waals surface area contributed by atoms with Crippen LogP contribution in [0.4, 0.5) is 0 Å². The van der Waals surface area contributed by atoms with Crippen LogP contribution in [0.1, 0.15) is 31.4 Å². The summed E-state index contributed by atoms with van der Waals surface area (Å²) in [5, 5.41) is 0. The van der Waals surface area contributed by atoms with E-state index in [1.807, 2.05) is 0 Å². The van der Waals surface area contributed by atoms with E-state index in [1.54, 1.807) is 0 Å². The fourth-order valence-corrected chi connectivity index (χ4v) is 2.50. The van der Waals surface area contributed by atoms with Gasteiger partial charge in [0.05, 0.1) is 0 Å². The predicted octanol–water partition coefficient (Wildman–Crippen LogP) is 2.62. The number of aryl methyl sites for hydroxylation is 1. The normalized spacial score (nSPS) is 30.8. The van der Waals surface area contributed by atoms with Gasteiger partial charge in [0.15, 0.2) is 0 Å². The number of hydrogen-bond donors (Lipinski definition) is 1. The van der Waals surface area contributed by atoms with Crippen molar-refractivity contribution in [3.63, 3.8) is 0 Å². The van der Waals surface area contributed by atoms with Crippen LogP contribution in [-0.4, -0.2) is 6.04 Å². The van der Waals surface area contributed by atoms with Gasteiger partial charge in [-0.05, 0) is 24.8 Å². The first-order chi connectivity index (χ1) is 6.57. The third kappa shape index (κ3) is 1.27. The third-order valence-electron chi connectivity index (χ3n) is 3.68. The Balaban J connectivity index is 2.34. The highest BCUT2D eigenvalue weighted by Gasteiger charge is 2.54. The highest BCUT2D eigenvalue weighted by atomic mass is 14.8. The van der Waals surface area contributed by atoms with Crippen molar-refractivity contribution in [2.75, 3.05) is 0 Å². The van der Waals surface area contributed by atoms with Crippen molar-refractivity contribution >= 4 is 0 Å². The summed E-state index contributed by atoms with van der Waals surface area (Å²) in [5.74, 6) is 0.639. The van der Waals surface area contributed by atoms with Crippen LogP contribution in [0, 0.1) is 12.8 Å². The predicted molar refractivity (Wildman–Crippen MR) is 60.3 cm³/mol. The van der Waals surface area contributed by atoms with E-state index in [0.29, 0.717) is 12.0 Å². The highest BCUT2D eigenvalue weighted by molar-refractivity contribution is 5.38. The molecule has 0 bridgehead atoms. The van der Waals surface area contributed by atoms with Crippen LogP contribution in [0.3, 0.4) is 0 Å². The van der Waals surface area contributed by atoms with Gasteiger partial charge in [-0.2, -0.15) is 0 Å². The Bertz CT molecular complexity index is 326. The molecule has 0 heterocycles. The Morgan fingerprint density at radius 3 is 2.14 bits per heavy atom. The van der Waals surface area contributed by atoms with Gasteiger partial charge in [-0.1, -0.05) is 43.7 Å². The summed E-state index contributed by atoms with van der Waals surface area (Å²) < 4.78 is 0. The lowest BCUT2D eigenvalue weighted by Crippen LogP contribution is -2.24. The minimum atomic E-state index is 0.272. The maximum Gasteiger partial charge on any atom is 0.0148 e. The fourth-order valence-electron chi connectivity index (χ4n) is 2.50. The zero-order chi connectivity index (χ0) is 10.3. The summed E-state index contributed by atoms with van der Waals surface area (Å²) in [5.41, 5.74) is 9.09. The maximum absolute atomic E-state index is 6.07. The number of nitrogens with two attached hydrogens (primary N) is 1. The molecule has 14 heavy (non-hydrogen) atoms. The molecule has 1 unspecified atom stereocenters. The molecule has 0 saturated heterocycles. The fraction of sp³-hybridized carbons (Fsp3) is 0.538.